The van der Waals surface area contributed by atoms with Gasteiger partial charge in [0.05, 0.1) is 0 Å². The molecule has 0 atom stereocenters. The second-order valence-corrected chi connectivity index (χ2v) is 9.16. The number of rotatable bonds is 4. The molecule has 0 unspecified atom stereocenters. The molecule has 3 fully saturated rings. The fourth-order valence-electron chi connectivity index (χ4n) is 3.81. The summed E-state index contributed by atoms with van der Waals surface area (Å²) in [7, 11) is -3.61. The van der Waals surface area contributed by atoms with E-state index in [-0.39, 0.29) is 32.3 Å². The van der Waals surface area contributed by atoms with E-state index in [1.807, 2.05) is 0 Å². The summed E-state index contributed by atoms with van der Waals surface area (Å²) in [5.41, 5.74) is -2.45. The van der Waals surface area contributed by atoms with E-state index >= 15 is 0 Å². The lowest BCUT2D eigenvalue weighted by molar-refractivity contribution is -0.246. The number of carbonyl (C=O) groups is 1. The molecule has 0 radical (unpaired) electrons. The number of sulfonamides is 1. The van der Waals surface area contributed by atoms with E-state index in [0.29, 0.717) is 0 Å². The van der Waals surface area contributed by atoms with Crippen LogP contribution in [0.5, 0.6) is 0 Å². The SMILES string of the molecule is O=C(N1CC(S(=O)(=O)NC2CCCC2)C1)C1(C(F)(F)F)CCOCC1. The van der Waals surface area contributed by atoms with Gasteiger partial charge in [0, 0.05) is 32.3 Å². The molecule has 2 saturated heterocycles. The molecule has 1 amide bonds. The van der Waals surface area contributed by atoms with E-state index in [4.69, 9.17) is 4.74 Å². The third kappa shape index (κ3) is 3.52. The molecule has 0 spiro atoms. The van der Waals surface area contributed by atoms with Crippen LogP contribution in [-0.2, 0) is 19.6 Å². The first kappa shape index (κ1) is 18.9. The third-order valence-corrected chi connectivity index (χ3v) is 7.40. The zero-order chi connectivity index (χ0) is 18.3. The topological polar surface area (TPSA) is 75.7 Å². The zero-order valence-corrected chi connectivity index (χ0v) is 14.7. The quantitative estimate of drug-likeness (QED) is 0.795. The van der Waals surface area contributed by atoms with Gasteiger partial charge < -0.3 is 9.64 Å². The Morgan fingerprint density at radius 3 is 2.20 bits per heavy atom. The standard InChI is InChI=1S/C15H23F3N2O4S/c16-15(17,18)14(5-7-24-8-6-14)13(21)20-9-12(10-20)25(22,23)19-11-3-1-2-4-11/h11-12,19H,1-10H2. The predicted molar refractivity (Wildman–Crippen MR) is 83.2 cm³/mol. The molecule has 0 aromatic rings. The van der Waals surface area contributed by atoms with Crippen molar-refractivity contribution in [3.8, 4) is 0 Å². The third-order valence-electron chi connectivity index (χ3n) is 5.56. The number of hydrogen-bond donors (Lipinski definition) is 1. The van der Waals surface area contributed by atoms with Gasteiger partial charge in [-0.3, -0.25) is 4.79 Å². The normalized spacial score (nSPS) is 25.8. The van der Waals surface area contributed by atoms with Gasteiger partial charge in [0.1, 0.15) is 10.7 Å². The molecule has 144 valence electrons. The summed E-state index contributed by atoms with van der Waals surface area (Å²) in [4.78, 5) is 13.5. The van der Waals surface area contributed by atoms with E-state index in [0.717, 1.165) is 30.6 Å². The minimum Gasteiger partial charge on any atom is -0.381 e. The van der Waals surface area contributed by atoms with Crippen LogP contribution in [0.3, 0.4) is 0 Å². The van der Waals surface area contributed by atoms with Gasteiger partial charge in [-0.15, -0.1) is 0 Å². The van der Waals surface area contributed by atoms with Gasteiger partial charge in [0.25, 0.3) is 0 Å². The Hall–Kier alpha value is -0.870. The summed E-state index contributed by atoms with van der Waals surface area (Å²) in [5.74, 6) is -1.02. The van der Waals surface area contributed by atoms with E-state index in [1.54, 1.807) is 0 Å². The Kier molecular flexibility index (Phi) is 5.06. The molecule has 2 heterocycles. The van der Waals surface area contributed by atoms with Crippen molar-refractivity contribution >= 4 is 15.9 Å². The average molecular weight is 384 g/mol. The maximum absolute atomic E-state index is 13.5. The Morgan fingerprint density at radius 1 is 1.12 bits per heavy atom. The number of carbonyl (C=O) groups excluding carboxylic acids is 1. The van der Waals surface area contributed by atoms with E-state index in [2.05, 4.69) is 4.72 Å². The highest BCUT2D eigenvalue weighted by molar-refractivity contribution is 7.90. The predicted octanol–water partition coefficient (Wildman–Crippen LogP) is 1.42. The molecule has 2 aliphatic heterocycles. The number of likely N-dealkylation sites (tertiary alicyclic amines) is 1. The number of alkyl halides is 3. The van der Waals surface area contributed by atoms with E-state index in [1.165, 1.54) is 0 Å². The van der Waals surface area contributed by atoms with Crippen LogP contribution in [0.1, 0.15) is 38.5 Å². The maximum Gasteiger partial charge on any atom is 0.403 e. The largest absolute Gasteiger partial charge is 0.403 e. The lowest BCUT2D eigenvalue weighted by Gasteiger charge is -2.46. The van der Waals surface area contributed by atoms with E-state index in [9.17, 15) is 26.4 Å². The molecule has 1 saturated carbocycles. The van der Waals surface area contributed by atoms with Crippen molar-refractivity contribution in [2.45, 2.75) is 56.0 Å². The first-order valence-corrected chi connectivity index (χ1v) is 10.2. The molecular weight excluding hydrogens is 361 g/mol. The highest BCUT2D eigenvalue weighted by Crippen LogP contribution is 2.48. The maximum atomic E-state index is 13.5. The van der Waals surface area contributed by atoms with Gasteiger partial charge in [-0.05, 0) is 25.7 Å². The van der Waals surface area contributed by atoms with Crippen molar-refractivity contribution in [1.82, 2.24) is 9.62 Å². The molecule has 0 aromatic heterocycles. The van der Waals surface area contributed by atoms with Crippen LogP contribution in [0, 0.1) is 5.41 Å². The fourth-order valence-corrected chi connectivity index (χ4v) is 5.46. The van der Waals surface area contributed by atoms with Crippen LogP contribution in [0.15, 0.2) is 0 Å². The van der Waals surface area contributed by atoms with Crippen molar-refractivity contribution in [3.63, 3.8) is 0 Å². The van der Waals surface area contributed by atoms with Crippen LogP contribution in [-0.4, -0.2) is 63.0 Å². The smallest absolute Gasteiger partial charge is 0.381 e. The van der Waals surface area contributed by atoms with Gasteiger partial charge in [-0.2, -0.15) is 13.2 Å². The second-order valence-electron chi connectivity index (χ2n) is 7.17. The minimum atomic E-state index is -4.67. The summed E-state index contributed by atoms with van der Waals surface area (Å²) in [6.07, 6.45) is -1.98. The average Bonchev–Trinajstić information content (AvgIpc) is 2.97. The van der Waals surface area contributed by atoms with E-state index < -0.39 is 45.6 Å². The van der Waals surface area contributed by atoms with Crippen molar-refractivity contribution in [2.75, 3.05) is 26.3 Å². The molecule has 0 bridgehead atoms. The molecule has 3 aliphatic rings. The fraction of sp³-hybridized carbons (Fsp3) is 0.933. The van der Waals surface area contributed by atoms with Crippen molar-refractivity contribution in [3.05, 3.63) is 0 Å². The van der Waals surface area contributed by atoms with Gasteiger partial charge in [0.2, 0.25) is 15.9 Å². The van der Waals surface area contributed by atoms with Gasteiger partial charge in [-0.25, -0.2) is 13.1 Å². The highest BCUT2D eigenvalue weighted by atomic mass is 32.2. The molecule has 3 rings (SSSR count). The van der Waals surface area contributed by atoms with Gasteiger partial charge in [-0.1, -0.05) is 12.8 Å². The number of ether oxygens (including phenoxy) is 1. The summed E-state index contributed by atoms with van der Waals surface area (Å²) in [5, 5.41) is -0.831. The number of hydrogen-bond acceptors (Lipinski definition) is 4. The Morgan fingerprint density at radius 2 is 1.68 bits per heavy atom. The number of nitrogens with one attached hydrogen (secondary N) is 1. The first-order valence-electron chi connectivity index (χ1n) is 8.61. The summed E-state index contributed by atoms with van der Waals surface area (Å²) < 4.78 is 72.8. The van der Waals surface area contributed by atoms with Crippen LogP contribution >= 0.6 is 0 Å². The Bertz CT molecular complexity index is 605. The Balaban J connectivity index is 1.63. The summed E-state index contributed by atoms with van der Waals surface area (Å²) in [6, 6.07) is -0.0910. The summed E-state index contributed by atoms with van der Waals surface area (Å²) in [6.45, 7) is -0.604. The molecule has 10 heteroatoms. The van der Waals surface area contributed by atoms with Gasteiger partial charge in [0.15, 0.2) is 0 Å². The Labute approximate surface area is 145 Å². The summed E-state index contributed by atoms with van der Waals surface area (Å²) >= 11 is 0. The van der Waals surface area contributed by atoms with Crippen LogP contribution in [0.2, 0.25) is 0 Å². The van der Waals surface area contributed by atoms with Crippen molar-refractivity contribution in [1.29, 1.82) is 0 Å². The lowest BCUT2D eigenvalue weighted by Crippen LogP contribution is -2.65. The van der Waals surface area contributed by atoms with Crippen LogP contribution in [0.4, 0.5) is 13.2 Å². The van der Waals surface area contributed by atoms with Gasteiger partial charge >= 0.3 is 6.18 Å². The van der Waals surface area contributed by atoms with Crippen LogP contribution < -0.4 is 4.72 Å². The number of nitrogens with zero attached hydrogens (tertiary/aromatic N) is 1. The lowest BCUT2D eigenvalue weighted by atomic mass is 9.77. The highest BCUT2D eigenvalue weighted by Gasteiger charge is 2.62. The zero-order valence-electron chi connectivity index (χ0n) is 13.8. The number of halogens is 3. The van der Waals surface area contributed by atoms with Crippen molar-refractivity contribution in [2.24, 2.45) is 5.41 Å². The van der Waals surface area contributed by atoms with Crippen LogP contribution in [0.25, 0.3) is 0 Å². The molecule has 6 nitrogen and oxygen atoms in total. The monoisotopic (exact) mass is 384 g/mol. The molecule has 1 aliphatic carbocycles. The molecule has 25 heavy (non-hydrogen) atoms. The first-order chi connectivity index (χ1) is 11.7. The van der Waals surface area contributed by atoms with Crippen molar-refractivity contribution < 1.29 is 31.1 Å². The number of amides is 1. The molecule has 1 N–H and O–H groups in total. The second kappa shape index (κ2) is 6.70. The molecular formula is C15H23F3N2O4S. The minimum absolute atomic E-state index is 0.0910. The molecule has 0 aromatic carbocycles.